The maximum absolute atomic E-state index is 11.9. The Morgan fingerprint density at radius 1 is 1.25 bits per heavy atom. The second-order valence-corrected chi connectivity index (χ2v) is 6.31. The van der Waals surface area contributed by atoms with E-state index in [9.17, 15) is 13.2 Å². The Kier molecular flexibility index (Phi) is 5.93. The van der Waals surface area contributed by atoms with Gasteiger partial charge in [-0.1, -0.05) is 0 Å². The van der Waals surface area contributed by atoms with E-state index in [0.29, 0.717) is 5.69 Å². The summed E-state index contributed by atoms with van der Waals surface area (Å²) in [5, 5.41) is 2.69. The van der Waals surface area contributed by atoms with Gasteiger partial charge in [-0.2, -0.15) is 0 Å². The lowest BCUT2D eigenvalue weighted by atomic mass is 10.3. The first-order valence-corrected chi connectivity index (χ1v) is 7.69. The molecule has 0 saturated carbocycles. The van der Waals surface area contributed by atoms with Crippen LogP contribution in [0.4, 0.5) is 5.69 Å². The summed E-state index contributed by atoms with van der Waals surface area (Å²) < 4.78 is 26.3. The molecule has 1 rings (SSSR count). The maximum Gasteiger partial charge on any atom is 0.240 e. The molecule has 0 fully saturated rings. The van der Waals surface area contributed by atoms with Crippen molar-refractivity contribution in [3.05, 3.63) is 24.3 Å². The first-order valence-electron chi connectivity index (χ1n) is 6.21. The molecule has 0 aromatic heterocycles. The van der Waals surface area contributed by atoms with E-state index < -0.39 is 10.0 Å². The van der Waals surface area contributed by atoms with Gasteiger partial charge in [0.25, 0.3) is 0 Å². The topological polar surface area (TPSA) is 113 Å². The van der Waals surface area contributed by atoms with Gasteiger partial charge in [0.05, 0.1) is 4.90 Å². The molecule has 5 N–H and O–H groups in total. The van der Waals surface area contributed by atoms with Crippen LogP contribution in [0, 0.1) is 0 Å². The fraction of sp³-hybridized carbons (Fsp3) is 0.417. The van der Waals surface area contributed by atoms with Gasteiger partial charge in [-0.05, 0) is 38.1 Å². The second kappa shape index (κ2) is 7.22. The molecule has 0 unspecified atom stereocenters. The van der Waals surface area contributed by atoms with Crippen LogP contribution in [0.15, 0.2) is 29.2 Å². The number of anilines is 1. The van der Waals surface area contributed by atoms with Crippen molar-refractivity contribution in [2.45, 2.75) is 31.2 Å². The number of hydrogen-bond donors (Lipinski definition) is 4. The highest BCUT2D eigenvalue weighted by Crippen LogP contribution is 2.12. The molecule has 0 spiro atoms. The zero-order valence-electron chi connectivity index (χ0n) is 11.5. The van der Waals surface area contributed by atoms with E-state index in [4.69, 9.17) is 5.84 Å². The van der Waals surface area contributed by atoms with Crippen LogP contribution in [0.2, 0.25) is 0 Å². The summed E-state index contributed by atoms with van der Waals surface area (Å²) in [5.74, 6) is 5.01. The van der Waals surface area contributed by atoms with Crippen molar-refractivity contribution in [2.75, 3.05) is 12.0 Å². The highest BCUT2D eigenvalue weighted by atomic mass is 32.2. The first kappa shape index (κ1) is 16.4. The maximum atomic E-state index is 11.9. The number of carbonyl (C=O) groups is 1. The molecular weight excluding hydrogens is 280 g/mol. The highest BCUT2D eigenvalue weighted by molar-refractivity contribution is 7.89. The third kappa shape index (κ3) is 5.16. The molecule has 1 aromatic carbocycles. The lowest BCUT2D eigenvalue weighted by Crippen LogP contribution is -2.34. The van der Waals surface area contributed by atoms with E-state index in [0.717, 1.165) is 0 Å². The molecule has 0 aliphatic rings. The van der Waals surface area contributed by atoms with Crippen molar-refractivity contribution in [1.82, 2.24) is 10.0 Å². The fourth-order valence-corrected chi connectivity index (χ4v) is 2.54. The number of benzene rings is 1. The Hall–Kier alpha value is -1.64. The molecule has 1 aromatic rings. The molecule has 112 valence electrons. The normalized spacial score (nSPS) is 11.4. The molecular formula is C12H20N4O3S. The number of nitrogens with two attached hydrogens (primary N) is 1. The smallest absolute Gasteiger partial charge is 0.240 e. The molecule has 0 bridgehead atoms. The van der Waals surface area contributed by atoms with Crippen LogP contribution in [-0.2, 0) is 14.8 Å². The van der Waals surface area contributed by atoms with Crippen molar-refractivity contribution >= 4 is 21.6 Å². The third-order valence-electron chi connectivity index (χ3n) is 2.43. The summed E-state index contributed by atoms with van der Waals surface area (Å²) in [7, 11) is -3.61. The quantitative estimate of drug-likeness (QED) is 0.423. The van der Waals surface area contributed by atoms with Gasteiger partial charge in [0.2, 0.25) is 15.9 Å². The molecule has 0 atom stereocenters. The van der Waals surface area contributed by atoms with Crippen LogP contribution < -0.4 is 21.3 Å². The predicted octanol–water partition coefficient (Wildman–Crippen LogP) is 0.165. The molecule has 7 nitrogen and oxygen atoms in total. The number of sulfonamides is 1. The molecule has 20 heavy (non-hydrogen) atoms. The summed E-state index contributed by atoms with van der Waals surface area (Å²) >= 11 is 0. The van der Waals surface area contributed by atoms with Crippen molar-refractivity contribution in [3.63, 3.8) is 0 Å². The minimum Gasteiger partial charge on any atom is -0.354 e. The second-order valence-electron chi connectivity index (χ2n) is 4.54. The molecule has 0 radical (unpaired) electrons. The number of hydrazine groups is 1. The van der Waals surface area contributed by atoms with Crippen LogP contribution in [0.5, 0.6) is 0 Å². The number of nitrogens with one attached hydrogen (secondary N) is 3. The van der Waals surface area contributed by atoms with Crippen LogP contribution in [0.3, 0.4) is 0 Å². The number of nitrogen functional groups attached to an aromatic ring is 1. The van der Waals surface area contributed by atoms with E-state index >= 15 is 0 Å². The SMILES string of the molecule is CC(C)NC(=O)CCNS(=O)(=O)c1ccc(NN)cc1. The summed E-state index contributed by atoms with van der Waals surface area (Å²) in [6, 6.07) is 6.02. The lowest BCUT2D eigenvalue weighted by molar-refractivity contribution is -0.121. The first-order chi connectivity index (χ1) is 9.35. The minimum atomic E-state index is -3.61. The molecule has 8 heteroatoms. The van der Waals surface area contributed by atoms with Gasteiger partial charge < -0.3 is 10.7 Å². The van der Waals surface area contributed by atoms with Crippen LogP contribution in [-0.4, -0.2) is 26.9 Å². The van der Waals surface area contributed by atoms with E-state index in [1.807, 2.05) is 13.8 Å². The van der Waals surface area contributed by atoms with Gasteiger partial charge in [-0.25, -0.2) is 13.1 Å². The lowest BCUT2D eigenvalue weighted by Gasteiger charge is -2.09. The van der Waals surface area contributed by atoms with Crippen LogP contribution in [0.1, 0.15) is 20.3 Å². The van der Waals surface area contributed by atoms with Crippen LogP contribution in [0.25, 0.3) is 0 Å². The fourth-order valence-electron chi connectivity index (χ4n) is 1.51. The average molecular weight is 300 g/mol. The Labute approximate surface area is 119 Å². The number of amides is 1. The molecule has 0 heterocycles. The Bertz CT molecular complexity index is 540. The third-order valence-corrected chi connectivity index (χ3v) is 3.90. The van der Waals surface area contributed by atoms with Gasteiger partial charge in [-0.15, -0.1) is 0 Å². The predicted molar refractivity (Wildman–Crippen MR) is 77.3 cm³/mol. The largest absolute Gasteiger partial charge is 0.354 e. The standard InChI is InChI=1S/C12H20N4O3S/c1-9(2)15-12(17)7-8-14-20(18,19)11-5-3-10(16-13)4-6-11/h3-6,9,14,16H,7-8,13H2,1-2H3,(H,15,17). The average Bonchev–Trinajstić information content (AvgIpc) is 2.37. The van der Waals surface area contributed by atoms with Gasteiger partial charge in [0, 0.05) is 24.7 Å². The van der Waals surface area contributed by atoms with Gasteiger partial charge >= 0.3 is 0 Å². The van der Waals surface area contributed by atoms with E-state index in [2.05, 4.69) is 15.5 Å². The summed E-state index contributed by atoms with van der Waals surface area (Å²) in [6.07, 6.45) is 0.0971. The van der Waals surface area contributed by atoms with E-state index in [1.165, 1.54) is 12.1 Å². The number of hydrogen-bond acceptors (Lipinski definition) is 5. The Morgan fingerprint density at radius 3 is 2.35 bits per heavy atom. The molecule has 0 aliphatic heterocycles. The zero-order chi connectivity index (χ0) is 15.2. The van der Waals surface area contributed by atoms with Crippen molar-refractivity contribution in [1.29, 1.82) is 0 Å². The Morgan fingerprint density at radius 2 is 1.85 bits per heavy atom. The van der Waals surface area contributed by atoms with Crippen LogP contribution >= 0.6 is 0 Å². The molecule has 0 aliphatic carbocycles. The highest BCUT2D eigenvalue weighted by Gasteiger charge is 2.14. The van der Waals surface area contributed by atoms with Crippen molar-refractivity contribution in [2.24, 2.45) is 5.84 Å². The van der Waals surface area contributed by atoms with Gasteiger partial charge in [0.1, 0.15) is 0 Å². The monoisotopic (exact) mass is 300 g/mol. The summed E-state index contributed by atoms with van der Waals surface area (Å²) in [6.45, 7) is 3.74. The van der Waals surface area contributed by atoms with Gasteiger partial charge in [-0.3, -0.25) is 10.6 Å². The number of carbonyl (C=O) groups excluding carboxylic acids is 1. The van der Waals surface area contributed by atoms with Gasteiger partial charge in [0.15, 0.2) is 0 Å². The van der Waals surface area contributed by atoms with Crippen molar-refractivity contribution < 1.29 is 13.2 Å². The number of rotatable bonds is 7. The minimum absolute atomic E-state index is 0.0374. The van der Waals surface area contributed by atoms with Crippen molar-refractivity contribution in [3.8, 4) is 0 Å². The summed E-state index contributed by atoms with van der Waals surface area (Å²) in [4.78, 5) is 11.5. The molecule has 0 saturated heterocycles. The molecule has 1 amide bonds. The van der Waals surface area contributed by atoms with E-state index in [-0.39, 0.29) is 29.8 Å². The summed E-state index contributed by atoms with van der Waals surface area (Å²) in [5.41, 5.74) is 3.03. The Balaban J connectivity index is 2.55. The van der Waals surface area contributed by atoms with E-state index in [1.54, 1.807) is 12.1 Å². The zero-order valence-corrected chi connectivity index (χ0v) is 12.3.